The van der Waals surface area contributed by atoms with E-state index >= 15 is 0 Å². The zero-order chi connectivity index (χ0) is 17.4. The summed E-state index contributed by atoms with van der Waals surface area (Å²) in [6.07, 6.45) is 0. The summed E-state index contributed by atoms with van der Waals surface area (Å²) in [5, 5.41) is 3.00. The third-order valence-corrected chi connectivity index (χ3v) is 3.32. The Hall–Kier alpha value is -2.63. The average Bonchev–Trinajstić information content (AvgIpc) is 2.57. The van der Waals surface area contributed by atoms with E-state index in [1.54, 1.807) is 6.92 Å². The van der Waals surface area contributed by atoms with E-state index in [4.69, 9.17) is 4.74 Å². The van der Waals surface area contributed by atoms with Crippen LogP contribution in [0.4, 0.5) is 0 Å². The van der Waals surface area contributed by atoms with E-state index in [1.807, 2.05) is 30.3 Å². The molecule has 0 aromatic heterocycles. The van der Waals surface area contributed by atoms with Gasteiger partial charge in [0.05, 0.1) is 20.1 Å². The highest BCUT2D eigenvalue weighted by Gasteiger charge is 2.28. The van der Waals surface area contributed by atoms with Crippen LogP contribution in [0.5, 0.6) is 0 Å². The highest BCUT2D eigenvalue weighted by Crippen LogP contribution is 2.17. The predicted octanol–water partition coefficient (Wildman–Crippen LogP) is 1.60. The van der Waals surface area contributed by atoms with E-state index in [-0.39, 0.29) is 11.3 Å². The van der Waals surface area contributed by atoms with Crippen molar-refractivity contribution >= 4 is 17.7 Å². The van der Waals surface area contributed by atoms with Crippen molar-refractivity contribution in [2.24, 2.45) is 5.92 Å². The molecule has 23 heavy (non-hydrogen) atoms. The monoisotopic (exact) mass is 319 g/mol. The number of carbonyl (C=O) groups is 3. The largest absolute Gasteiger partial charge is 0.469 e. The summed E-state index contributed by atoms with van der Waals surface area (Å²) in [6.45, 7) is 3.16. The lowest BCUT2D eigenvalue weighted by Gasteiger charge is -2.19. The molecule has 6 nitrogen and oxygen atoms in total. The lowest BCUT2D eigenvalue weighted by Crippen LogP contribution is -2.30. The van der Waals surface area contributed by atoms with Crippen LogP contribution in [-0.4, -0.2) is 31.9 Å². The van der Waals surface area contributed by atoms with Crippen molar-refractivity contribution in [1.82, 2.24) is 5.32 Å². The molecule has 1 unspecified atom stereocenters. The minimum absolute atomic E-state index is 0.179. The van der Waals surface area contributed by atoms with E-state index in [1.165, 1.54) is 21.1 Å². The fourth-order valence-corrected chi connectivity index (χ4v) is 2.09. The second-order valence-corrected chi connectivity index (χ2v) is 4.92. The van der Waals surface area contributed by atoms with Crippen molar-refractivity contribution in [1.29, 1.82) is 0 Å². The van der Waals surface area contributed by atoms with Gasteiger partial charge in [-0.2, -0.15) is 0 Å². The molecule has 0 bridgehead atoms. The Kier molecular flexibility index (Phi) is 6.99. The Morgan fingerprint density at radius 1 is 1.09 bits per heavy atom. The number of esters is 2. The van der Waals surface area contributed by atoms with Crippen LogP contribution in [0.15, 0.2) is 41.6 Å². The molecule has 1 atom stereocenters. The molecule has 0 aliphatic rings. The van der Waals surface area contributed by atoms with Crippen LogP contribution in [0.1, 0.15) is 19.4 Å². The number of ether oxygens (including phenoxy) is 2. The van der Waals surface area contributed by atoms with Crippen molar-refractivity contribution < 1.29 is 23.9 Å². The number of benzene rings is 1. The smallest absolute Gasteiger partial charge is 0.343 e. The van der Waals surface area contributed by atoms with E-state index in [0.717, 1.165) is 5.56 Å². The van der Waals surface area contributed by atoms with Crippen molar-refractivity contribution in [2.75, 3.05) is 14.2 Å². The molecule has 0 radical (unpaired) electrons. The van der Waals surface area contributed by atoms with Crippen LogP contribution in [-0.2, 0) is 30.4 Å². The number of Topliss-reactive ketones (excluding diaryl/α,β-unsaturated/α-hetero) is 1. The molecular formula is C17H21NO5. The summed E-state index contributed by atoms with van der Waals surface area (Å²) < 4.78 is 9.37. The molecule has 0 heterocycles. The van der Waals surface area contributed by atoms with Gasteiger partial charge in [0.15, 0.2) is 5.78 Å². The summed E-state index contributed by atoms with van der Waals surface area (Å²) in [5.41, 5.74) is 0.955. The third kappa shape index (κ3) is 4.95. The first-order valence-electron chi connectivity index (χ1n) is 7.11. The molecule has 0 spiro atoms. The number of hydrogen-bond donors (Lipinski definition) is 1. The number of rotatable bonds is 7. The summed E-state index contributed by atoms with van der Waals surface area (Å²) in [5.74, 6) is -2.63. The number of methoxy groups -OCH3 is 2. The Labute approximate surface area is 135 Å². The van der Waals surface area contributed by atoms with Gasteiger partial charge in [-0.1, -0.05) is 30.3 Å². The summed E-state index contributed by atoms with van der Waals surface area (Å²) in [4.78, 5) is 35.6. The molecule has 0 aliphatic carbocycles. The van der Waals surface area contributed by atoms with Gasteiger partial charge in [-0.25, -0.2) is 4.79 Å². The molecular weight excluding hydrogens is 298 g/mol. The van der Waals surface area contributed by atoms with Crippen LogP contribution in [0, 0.1) is 5.92 Å². The van der Waals surface area contributed by atoms with E-state index in [9.17, 15) is 14.4 Å². The maximum absolute atomic E-state index is 11.9. The van der Waals surface area contributed by atoms with Crippen molar-refractivity contribution in [3.63, 3.8) is 0 Å². The molecule has 1 N–H and O–H groups in total. The van der Waals surface area contributed by atoms with Gasteiger partial charge in [-0.3, -0.25) is 9.59 Å². The van der Waals surface area contributed by atoms with E-state index in [0.29, 0.717) is 6.54 Å². The van der Waals surface area contributed by atoms with Gasteiger partial charge < -0.3 is 14.8 Å². The van der Waals surface area contributed by atoms with Gasteiger partial charge in [0, 0.05) is 12.2 Å². The molecule has 0 saturated heterocycles. The molecule has 0 aliphatic heterocycles. The third-order valence-electron chi connectivity index (χ3n) is 3.32. The first kappa shape index (κ1) is 18.4. The summed E-state index contributed by atoms with van der Waals surface area (Å²) in [7, 11) is 2.43. The molecule has 1 aromatic carbocycles. The summed E-state index contributed by atoms with van der Waals surface area (Å²) >= 11 is 0. The van der Waals surface area contributed by atoms with Crippen molar-refractivity contribution in [2.45, 2.75) is 20.4 Å². The van der Waals surface area contributed by atoms with Gasteiger partial charge in [0.2, 0.25) is 0 Å². The molecule has 1 aromatic rings. The molecule has 6 heteroatoms. The van der Waals surface area contributed by atoms with Gasteiger partial charge in [0.25, 0.3) is 0 Å². The number of hydrogen-bond acceptors (Lipinski definition) is 6. The standard InChI is InChI=1S/C17H21NO5/c1-11(16(20)22-3)15(14(12(2)19)17(21)23-4)18-10-13-8-6-5-7-9-13/h5-9,11,18H,10H2,1-4H3. The Bertz CT molecular complexity index is 607. The minimum atomic E-state index is -0.804. The fraction of sp³-hybridized carbons (Fsp3) is 0.353. The van der Waals surface area contributed by atoms with Gasteiger partial charge in [-0.15, -0.1) is 0 Å². The van der Waals surface area contributed by atoms with Gasteiger partial charge in [0.1, 0.15) is 5.57 Å². The van der Waals surface area contributed by atoms with Crippen molar-refractivity contribution in [3.8, 4) is 0 Å². The number of ketones is 1. The summed E-state index contributed by atoms with van der Waals surface area (Å²) in [6, 6.07) is 9.40. The van der Waals surface area contributed by atoms with E-state index < -0.39 is 23.6 Å². The van der Waals surface area contributed by atoms with Crippen LogP contribution >= 0.6 is 0 Å². The minimum Gasteiger partial charge on any atom is -0.469 e. The quantitative estimate of drug-likeness (QED) is 0.356. The van der Waals surface area contributed by atoms with Gasteiger partial charge >= 0.3 is 11.9 Å². The van der Waals surface area contributed by atoms with Crippen molar-refractivity contribution in [3.05, 3.63) is 47.2 Å². The Morgan fingerprint density at radius 2 is 1.70 bits per heavy atom. The lowest BCUT2D eigenvalue weighted by atomic mass is 9.99. The molecule has 124 valence electrons. The lowest BCUT2D eigenvalue weighted by molar-refractivity contribution is -0.143. The second kappa shape index (κ2) is 8.73. The first-order valence-corrected chi connectivity index (χ1v) is 7.11. The average molecular weight is 319 g/mol. The van der Waals surface area contributed by atoms with Crippen LogP contribution in [0.2, 0.25) is 0 Å². The predicted molar refractivity (Wildman–Crippen MR) is 84.2 cm³/mol. The number of nitrogens with one attached hydrogen (secondary N) is 1. The SMILES string of the molecule is COC(=O)C(C(C)=O)=C(NCc1ccccc1)C(C)C(=O)OC. The highest BCUT2D eigenvalue weighted by atomic mass is 16.5. The zero-order valence-corrected chi connectivity index (χ0v) is 13.7. The molecule has 1 rings (SSSR count). The van der Waals surface area contributed by atoms with E-state index in [2.05, 4.69) is 10.1 Å². The van der Waals surface area contributed by atoms with Crippen LogP contribution < -0.4 is 5.32 Å². The van der Waals surface area contributed by atoms with Crippen LogP contribution in [0.3, 0.4) is 0 Å². The zero-order valence-electron chi connectivity index (χ0n) is 13.7. The first-order chi connectivity index (χ1) is 10.9. The molecule has 0 fully saturated rings. The molecule has 0 amide bonds. The normalized spacial score (nSPS) is 12.7. The Morgan fingerprint density at radius 3 is 2.17 bits per heavy atom. The highest BCUT2D eigenvalue weighted by molar-refractivity contribution is 6.17. The van der Waals surface area contributed by atoms with Crippen LogP contribution in [0.25, 0.3) is 0 Å². The maximum Gasteiger partial charge on any atom is 0.343 e. The fourth-order valence-electron chi connectivity index (χ4n) is 2.09. The molecule has 0 saturated carbocycles. The van der Waals surface area contributed by atoms with Gasteiger partial charge in [-0.05, 0) is 19.4 Å². The second-order valence-electron chi connectivity index (χ2n) is 4.92. The maximum atomic E-state index is 11.9. The topological polar surface area (TPSA) is 81.7 Å². The Balaban J connectivity index is 3.21. The number of carbonyl (C=O) groups excluding carboxylic acids is 3.